The summed E-state index contributed by atoms with van der Waals surface area (Å²) in [6.45, 7) is 4.73. The van der Waals surface area contributed by atoms with Gasteiger partial charge >= 0.3 is 0 Å². The molecule has 2 fully saturated rings. The van der Waals surface area contributed by atoms with Crippen LogP contribution in [0, 0.1) is 5.92 Å². The third-order valence-electron chi connectivity index (χ3n) is 4.50. The first-order chi connectivity index (χ1) is 9.31. The Labute approximate surface area is 121 Å². The van der Waals surface area contributed by atoms with Gasteiger partial charge < -0.3 is 5.32 Å². The van der Waals surface area contributed by atoms with Crippen LogP contribution in [0.5, 0.6) is 0 Å². The van der Waals surface area contributed by atoms with Gasteiger partial charge in [0.15, 0.2) is 0 Å². The predicted molar refractivity (Wildman–Crippen MR) is 80.5 cm³/mol. The van der Waals surface area contributed by atoms with Gasteiger partial charge in [-0.1, -0.05) is 36.6 Å². The van der Waals surface area contributed by atoms with Crippen molar-refractivity contribution in [2.24, 2.45) is 5.92 Å². The molecule has 0 spiro atoms. The summed E-state index contributed by atoms with van der Waals surface area (Å²) in [5.74, 6) is 0.855. The summed E-state index contributed by atoms with van der Waals surface area (Å²) in [6, 6.07) is 9.16. The van der Waals surface area contributed by atoms with Crippen molar-refractivity contribution in [3.8, 4) is 0 Å². The lowest BCUT2D eigenvalue weighted by molar-refractivity contribution is 0.137. The van der Waals surface area contributed by atoms with Crippen LogP contribution in [0.3, 0.4) is 0 Å². The van der Waals surface area contributed by atoms with Gasteiger partial charge in [0.25, 0.3) is 0 Å². The number of halogens is 1. The molecule has 0 atom stereocenters. The van der Waals surface area contributed by atoms with Crippen molar-refractivity contribution in [1.29, 1.82) is 0 Å². The minimum Gasteiger partial charge on any atom is -0.316 e. The second-order valence-electron chi connectivity index (χ2n) is 6.02. The van der Waals surface area contributed by atoms with Crippen LogP contribution >= 0.6 is 11.6 Å². The third-order valence-corrected chi connectivity index (χ3v) is 4.75. The molecule has 1 N–H and O–H groups in total. The molecule has 2 aliphatic rings. The molecule has 2 nitrogen and oxygen atoms in total. The van der Waals surface area contributed by atoms with Crippen LogP contribution in [-0.4, -0.2) is 30.6 Å². The monoisotopic (exact) mass is 278 g/mol. The Hall–Kier alpha value is -0.570. The average molecular weight is 279 g/mol. The van der Waals surface area contributed by atoms with Crippen LogP contribution in [0.1, 0.15) is 31.2 Å². The van der Waals surface area contributed by atoms with Crippen molar-refractivity contribution in [1.82, 2.24) is 10.2 Å². The van der Waals surface area contributed by atoms with Crippen molar-refractivity contribution in [3.63, 3.8) is 0 Å². The Morgan fingerprint density at radius 3 is 2.37 bits per heavy atom. The van der Waals surface area contributed by atoms with E-state index in [9.17, 15) is 0 Å². The molecule has 19 heavy (non-hydrogen) atoms. The van der Waals surface area contributed by atoms with Crippen molar-refractivity contribution in [2.75, 3.05) is 19.6 Å². The van der Waals surface area contributed by atoms with Gasteiger partial charge in [0.1, 0.15) is 0 Å². The Kier molecular flexibility index (Phi) is 4.42. The van der Waals surface area contributed by atoms with Crippen molar-refractivity contribution in [2.45, 2.75) is 38.3 Å². The van der Waals surface area contributed by atoms with E-state index in [0.717, 1.165) is 23.5 Å². The maximum absolute atomic E-state index is 5.97. The highest BCUT2D eigenvalue weighted by Crippen LogP contribution is 2.26. The highest BCUT2D eigenvalue weighted by atomic mass is 35.5. The Morgan fingerprint density at radius 2 is 1.79 bits per heavy atom. The summed E-state index contributed by atoms with van der Waals surface area (Å²) >= 11 is 5.97. The Balaban J connectivity index is 1.64. The van der Waals surface area contributed by atoms with E-state index < -0.39 is 0 Å². The maximum Gasteiger partial charge on any atom is 0.0406 e. The number of nitrogens with one attached hydrogen (secondary N) is 1. The molecule has 1 heterocycles. The quantitative estimate of drug-likeness (QED) is 0.889. The zero-order valence-corrected chi connectivity index (χ0v) is 12.2. The molecule has 0 aromatic heterocycles. The molecule has 0 bridgehead atoms. The number of nitrogens with zero attached hydrogens (tertiary/aromatic N) is 1. The molecule has 1 aliphatic heterocycles. The lowest BCUT2D eigenvalue weighted by Crippen LogP contribution is -2.49. The number of rotatable bonds is 5. The molecule has 0 amide bonds. The van der Waals surface area contributed by atoms with Crippen molar-refractivity contribution in [3.05, 3.63) is 34.9 Å². The van der Waals surface area contributed by atoms with Crippen LogP contribution in [-0.2, 0) is 6.54 Å². The van der Waals surface area contributed by atoms with Crippen LogP contribution in [0.2, 0.25) is 5.02 Å². The molecule has 0 unspecified atom stereocenters. The first-order valence-corrected chi connectivity index (χ1v) is 7.88. The average Bonchev–Trinajstić information content (AvgIpc) is 2.88. The maximum atomic E-state index is 5.97. The minimum absolute atomic E-state index is 0.802. The van der Waals surface area contributed by atoms with Crippen LogP contribution in [0.25, 0.3) is 0 Å². The summed E-state index contributed by atoms with van der Waals surface area (Å²) < 4.78 is 0. The summed E-state index contributed by atoms with van der Waals surface area (Å²) in [5, 5.41) is 4.22. The van der Waals surface area contributed by atoms with Crippen molar-refractivity contribution >= 4 is 11.6 Å². The highest BCUT2D eigenvalue weighted by molar-refractivity contribution is 6.30. The van der Waals surface area contributed by atoms with Gasteiger partial charge in [0, 0.05) is 37.2 Å². The first-order valence-electron chi connectivity index (χ1n) is 7.50. The smallest absolute Gasteiger partial charge is 0.0406 e. The van der Waals surface area contributed by atoms with Crippen LogP contribution in [0.4, 0.5) is 0 Å². The molecule has 1 saturated carbocycles. The van der Waals surface area contributed by atoms with E-state index in [1.165, 1.54) is 50.9 Å². The molecule has 1 aliphatic carbocycles. The van der Waals surface area contributed by atoms with E-state index >= 15 is 0 Å². The second kappa shape index (κ2) is 6.25. The largest absolute Gasteiger partial charge is 0.316 e. The summed E-state index contributed by atoms with van der Waals surface area (Å²) in [6.07, 6.45) is 5.58. The molecular weight excluding hydrogens is 256 g/mol. The zero-order chi connectivity index (χ0) is 13.1. The standard InChI is InChI=1S/C16H23ClN2/c17-15-7-5-13(6-8-15)11-19(12-14-9-18-10-14)16-3-1-2-4-16/h5-8,14,16,18H,1-4,9-12H2. The minimum atomic E-state index is 0.802. The van der Waals surface area contributed by atoms with Gasteiger partial charge in [-0.15, -0.1) is 0 Å². The fourth-order valence-corrected chi connectivity index (χ4v) is 3.37. The Bertz CT molecular complexity index is 394. The van der Waals surface area contributed by atoms with Gasteiger partial charge in [-0.05, 0) is 36.5 Å². The molecule has 0 radical (unpaired) electrons. The normalized spacial score (nSPS) is 20.9. The number of benzene rings is 1. The fraction of sp³-hybridized carbons (Fsp3) is 0.625. The van der Waals surface area contributed by atoms with Gasteiger partial charge in [0.2, 0.25) is 0 Å². The summed E-state index contributed by atoms with van der Waals surface area (Å²) in [4.78, 5) is 2.71. The lowest BCUT2D eigenvalue weighted by atomic mass is 10.0. The fourth-order valence-electron chi connectivity index (χ4n) is 3.25. The van der Waals surface area contributed by atoms with E-state index in [0.29, 0.717) is 0 Å². The number of hydrogen-bond acceptors (Lipinski definition) is 2. The molecule has 3 heteroatoms. The van der Waals surface area contributed by atoms with Gasteiger partial charge in [-0.3, -0.25) is 4.90 Å². The van der Waals surface area contributed by atoms with Gasteiger partial charge in [-0.2, -0.15) is 0 Å². The third kappa shape index (κ3) is 3.50. The molecule has 1 saturated heterocycles. The number of hydrogen-bond donors (Lipinski definition) is 1. The summed E-state index contributed by atoms with van der Waals surface area (Å²) in [5.41, 5.74) is 1.39. The second-order valence-corrected chi connectivity index (χ2v) is 6.45. The van der Waals surface area contributed by atoms with E-state index in [-0.39, 0.29) is 0 Å². The van der Waals surface area contributed by atoms with Crippen LogP contribution < -0.4 is 5.32 Å². The Morgan fingerprint density at radius 1 is 1.11 bits per heavy atom. The van der Waals surface area contributed by atoms with E-state index in [4.69, 9.17) is 11.6 Å². The van der Waals surface area contributed by atoms with Gasteiger partial charge in [0.05, 0.1) is 0 Å². The topological polar surface area (TPSA) is 15.3 Å². The molecule has 1 aromatic rings. The van der Waals surface area contributed by atoms with Crippen LogP contribution in [0.15, 0.2) is 24.3 Å². The molecule has 1 aromatic carbocycles. The van der Waals surface area contributed by atoms with Crippen molar-refractivity contribution < 1.29 is 0 Å². The zero-order valence-electron chi connectivity index (χ0n) is 11.4. The molecule has 3 rings (SSSR count). The SMILES string of the molecule is Clc1ccc(CN(CC2CNC2)C2CCCC2)cc1. The summed E-state index contributed by atoms with van der Waals surface area (Å²) in [7, 11) is 0. The van der Waals surface area contributed by atoms with E-state index in [1.807, 2.05) is 12.1 Å². The predicted octanol–water partition coefficient (Wildman–Crippen LogP) is 3.30. The first kappa shape index (κ1) is 13.4. The molecule has 104 valence electrons. The molecular formula is C16H23ClN2. The highest BCUT2D eigenvalue weighted by Gasteiger charge is 2.27. The van der Waals surface area contributed by atoms with E-state index in [2.05, 4.69) is 22.3 Å². The van der Waals surface area contributed by atoms with Gasteiger partial charge in [-0.25, -0.2) is 0 Å². The van der Waals surface area contributed by atoms with E-state index in [1.54, 1.807) is 0 Å². The lowest BCUT2D eigenvalue weighted by Gasteiger charge is -2.36.